The van der Waals surface area contributed by atoms with Gasteiger partial charge in [-0.1, -0.05) is 26.0 Å². The second-order valence-electron chi connectivity index (χ2n) is 6.08. The number of sulfonamides is 1. The molecule has 1 aliphatic heterocycles. The second kappa shape index (κ2) is 7.21. The molecule has 5 nitrogen and oxygen atoms in total. The average Bonchev–Trinajstić information content (AvgIpc) is 3.16. The van der Waals surface area contributed by atoms with Crippen molar-refractivity contribution in [2.45, 2.75) is 31.1 Å². The first kappa shape index (κ1) is 17.4. The Kier molecular flexibility index (Phi) is 5.22. The predicted octanol–water partition coefficient (Wildman–Crippen LogP) is 3.17. The van der Waals surface area contributed by atoms with Crippen LogP contribution in [0.15, 0.2) is 40.7 Å². The summed E-state index contributed by atoms with van der Waals surface area (Å²) in [7, 11) is -3.41. The lowest BCUT2D eigenvalue weighted by molar-refractivity contribution is 0.384. The third-order valence-electron chi connectivity index (χ3n) is 4.63. The smallest absolute Gasteiger partial charge is 0.243 e. The van der Waals surface area contributed by atoms with E-state index in [4.69, 9.17) is 0 Å². The van der Waals surface area contributed by atoms with E-state index in [1.165, 1.54) is 5.56 Å². The standard InChI is InChI=1S/C17H23N3O2S2/c1-3-14(2)15-4-6-16(7-5-15)24(21,22)20-11-9-19(10-12-20)17-18-8-13-23-17/h4-8,13-14H,3,9-12H2,1-2H3. The summed E-state index contributed by atoms with van der Waals surface area (Å²) in [6.07, 6.45) is 2.83. The van der Waals surface area contributed by atoms with Gasteiger partial charge in [0.25, 0.3) is 0 Å². The van der Waals surface area contributed by atoms with Crippen LogP contribution in [0.1, 0.15) is 31.7 Å². The Hall–Kier alpha value is -1.44. The molecule has 3 rings (SSSR count). The molecule has 0 aliphatic carbocycles. The molecule has 2 heterocycles. The number of nitrogens with zero attached hydrogens (tertiary/aromatic N) is 3. The summed E-state index contributed by atoms with van der Waals surface area (Å²) in [5.74, 6) is 0.448. The maximum absolute atomic E-state index is 12.8. The summed E-state index contributed by atoms with van der Waals surface area (Å²) >= 11 is 1.59. The monoisotopic (exact) mass is 365 g/mol. The number of thiazole rings is 1. The molecule has 24 heavy (non-hydrogen) atoms. The van der Waals surface area contributed by atoms with E-state index in [2.05, 4.69) is 23.7 Å². The van der Waals surface area contributed by atoms with Gasteiger partial charge in [0.2, 0.25) is 10.0 Å². The third-order valence-corrected chi connectivity index (χ3v) is 7.37. The number of rotatable bonds is 5. The highest BCUT2D eigenvalue weighted by atomic mass is 32.2. The van der Waals surface area contributed by atoms with Crippen molar-refractivity contribution in [2.24, 2.45) is 0 Å². The van der Waals surface area contributed by atoms with Crippen molar-refractivity contribution in [1.82, 2.24) is 9.29 Å². The average molecular weight is 366 g/mol. The molecule has 1 saturated heterocycles. The zero-order valence-electron chi connectivity index (χ0n) is 14.1. The van der Waals surface area contributed by atoms with Crippen LogP contribution in [0.25, 0.3) is 0 Å². The van der Waals surface area contributed by atoms with E-state index >= 15 is 0 Å². The molecule has 1 atom stereocenters. The molecular weight excluding hydrogens is 342 g/mol. The van der Waals surface area contributed by atoms with Crippen molar-refractivity contribution in [1.29, 1.82) is 0 Å². The van der Waals surface area contributed by atoms with Crippen molar-refractivity contribution in [3.8, 4) is 0 Å². The summed E-state index contributed by atoms with van der Waals surface area (Å²) in [5, 5.41) is 2.90. The molecule has 1 aliphatic rings. The van der Waals surface area contributed by atoms with Crippen molar-refractivity contribution in [2.75, 3.05) is 31.1 Å². The quantitative estimate of drug-likeness (QED) is 0.817. The van der Waals surface area contributed by atoms with E-state index in [9.17, 15) is 8.42 Å². The number of hydrogen-bond acceptors (Lipinski definition) is 5. The topological polar surface area (TPSA) is 53.5 Å². The Morgan fingerprint density at radius 2 is 1.83 bits per heavy atom. The third kappa shape index (κ3) is 3.48. The van der Waals surface area contributed by atoms with Gasteiger partial charge < -0.3 is 4.90 Å². The largest absolute Gasteiger partial charge is 0.345 e. The van der Waals surface area contributed by atoms with E-state index in [0.717, 1.165) is 11.6 Å². The summed E-state index contributed by atoms with van der Waals surface area (Å²) in [4.78, 5) is 6.82. The first-order valence-electron chi connectivity index (χ1n) is 8.27. The molecule has 0 bridgehead atoms. The molecule has 1 aromatic heterocycles. The van der Waals surface area contributed by atoms with E-state index in [0.29, 0.717) is 37.0 Å². The van der Waals surface area contributed by atoms with Crippen molar-refractivity contribution < 1.29 is 8.42 Å². The number of hydrogen-bond donors (Lipinski definition) is 0. The normalized spacial score (nSPS) is 17.8. The van der Waals surface area contributed by atoms with E-state index < -0.39 is 10.0 Å². The molecule has 0 radical (unpaired) electrons. The Bertz CT molecular complexity index is 750. The fraction of sp³-hybridized carbons (Fsp3) is 0.471. The second-order valence-corrected chi connectivity index (χ2v) is 8.90. The lowest BCUT2D eigenvalue weighted by atomic mass is 9.99. The van der Waals surface area contributed by atoms with Crippen molar-refractivity contribution >= 4 is 26.5 Å². The van der Waals surface area contributed by atoms with Gasteiger partial charge in [0.15, 0.2) is 5.13 Å². The van der Waals surface area contributed by atoms with Gasteiger partial charge >= 0.3 is 0 Å². The van der Waals surface area contributed by atoms with Crippen LogP contribution in [0.3, 0.4) is 0 Å². The minimum absolute atomic E-state index is 0.386. The van der Waals surface area contributed by atoms with Crippen LogP contribution < -0.4 is 4.90 Å². The zero-order valence-corrected chi connectivity index (χ0v) is 15.7. The maximum atomic E-state index is 12.8. The minimum Gasteiger partial charge on any atom is -0.345 e. The van der Waals surface area contributed by atoms with Crippen molar-refractivity contribution in [3.05, 3.63) is 41.4 Å². The number of benzene rings is 1. The van der Waals surface area contributed by atoms with Crippen LogP contribution in [-0.4, -0.2) is 43.9 Å². The highest BCUT2D eigenvalue weighted by Crippen LogP contribution is 2.24. The summed E-state index contributed by atoms with van der Waals surface area (Å²) < 4.78 is 27.2. The van der Waals surface area contributed by atoms with Crippen LogP contribution in [0.4, 0.5) is 5.13 Å². The predicted molar refractivity (Wildman–Crippen MR) is 98.2 cm³/mol. The van der Waals surface area contributed by atoms with E-state index in [1.54, 1.807) is 34.0 Å². The molecule has 0 N–H and O–H groups in total. The van der Waals surface area contributed by atoms with E-state index in [-0.39, 0.29) is 0 Å². The van der Waals surface area contributed by atoms with Gasteiger partial charge in [-0.3, -0.25) is 0 Å². The Morgan fingerprint density at radius 1 is 1.17 bits per heavy atom. The molecule has 7 heteroatoms. The molecule has 2 aromatic rings. The number of piperazine rings is 1. The molecule has 0 saturated carbocycles. The van der Waals surface area contributed by atoms with Crippen LogP contribution >= 0.6 is 11.3 Å². The Balaban J connectivity index is 1.70. The van der Waals surface area contributed by atoms with Gasteiger partial charge in [-0.25, -0.2) is 13.4 Å². The lowest BCUT2D eigenvalue weighted by Gasteiger charge is -2.33. The highest BCUT2D eigenvalue weighted by molar-refractivity contribution is 7.89. The SMILES string of the molecule is CCC(C)c1ccc(S(=O)(=O)N2CCN(c3nccs3)CC2)cc1. The molecule has 1 aromatic carbocycles. The Labute approximate surface area is 148 Å². The molecule has 0 spiro atoms. The minimum atomic E-state index is -3.41. The van der Waals surface area contributed by atoms with Gasteiger partial charge in [-0.05, 0) is 30.0 Å². The first-order chi connectivity index (χ1) is 11.5. The molecular formula is C17H23N3O2S2. The highest BCUT2D eigenvalue weighted by Gasteiger charge is 2.29. The van der Waals surface area contributed by atoms with Gasteiger partial charge in [0.1, 0.15) is 0 Å². The fourth-order valence-electron chi connectivity index (χ4n) is 2.84. The van der Waals surface area contributed by atoms with Crippen LogP contribution in [0, 0.1) is 0 Å². The first-order valence-corrected chi connectivity index (χ1v) is 10.6. The summed E-state index contributed by atoms with van der Waals surface area (Å²) in [5.41, 5.74) is 1.19. The van der Waals surface area contributed by atoms with Crippen LogP contribution in [0.5, 0.6) is 0 Å². The Morgan fingerprint density at radius 3 is 2.38 bits per heavy atom. The molecule has 1 unspecified atom stereocenters. The molecule has 0 amide bonds. The van der Waals surface area contributed by atoms with Crippen molar-refractivity contribution in [3.63, 3.8) is 0 Å². The van der Waals surface area contributed by atoms with Crippen LogP contribution in [0.2, 0.25) is 0 Å². The van der Waals surface area contributed by atoms with E-state index in [1.807, 2.05) is 17.5 Å². The zero-order chi connectivity index (χ0) is 17.2. The van der Waals surface area contributed by atoms with Gasteiger partial charge in [0.05, 0.1) is 4.90 Å². The van der Waals surface area contributed by atoms with Gasteiger partial charge in [-0.15, -0.1) is 11.3 Å². The van der Waals surface area contributed by atoms with Gasteiger partial charge in [0, 0.05) is 37.8 Å². The molecule has 1 fully saturated rings. The lowest BCUT2D eigenvalue weighted by Crippen LogP contribution is -2.48. The molecule has 130 valence electrons. The fourth-order valence-corrected chi connectivity index (χ4v) is 4.96. The maximum Gasteiger partial charge on any atom is 0.243 e. The van der Waals surface area contributed by atoms with Crippen LogP contribution in [-0.2, 0) is 10.0 Å². The number of aromatic nitrogens is 1. The summed E-state index contributed by atoms with van der Waals surface area (Å²) in [6.45, 7) is 6.64. The number of anilines is 1. The summed E-state index contributed by atoms with van der Waals surface area (Å²) in [6, 6.07) is 7.35. The van der Waals surface area contributed by atoms with Gasteiger partial charge in [-0.2, -0.15) is 4.31 Å².